The van der Waals surface area contributed by atoms with E-state index in [2.05, 4.69) is 15.9 Å². The summed E-state index contributed by atoms with van der Waals surface area (Å²) in [5.41, 5.74) is -1.91. The first-order valence-corrected chi connectivity index (χ1v) is 13.9. The van der Waals surface area contributed by atoms with Crippen molar-refractivity contribution in [1.29, 1.82) is 0 Å². The molecule has 2 aromatic carbocycles. The lowest BCUT2D eigenvalue weighted by Gasteiger charge is -2.30. The average molecular weight is 600 g/mol. The summed E-state index contributed by atoms with van der Waals surface area (Å²) >= 11 is 4.85. The van der Waals surface area contributed by atoms with Gasteiger partial charge >= 0.3 is 11.7 Å². The first-order valence-electron chi connectivity index (χ1n) is 12.3. The molecule has 0 N–H and O–H groups in total. The molecule has 200 valence electrons. The molecule has 2 heterocycles. The van der Waals surface area contributed by atoms with E-state index in [4.69, 9.17) is 9.47 Å². The number of para-hydroxylation sites is 1. The molecular weight excluding hydrogens is 568 g/mol. The van der Waals surface area contributed by atoms with Gasteiger partial charge in [0.25, 0.3) is 5.56 Å². The molecule has 0 amide bonds. The molecule has 0 aliphatic heterocycles. The van der Waals surface area contributed by atoms with Crippen LogP contribution in [0.2, 0.25) is 0 Å². The van der Waals surface area contributed by atoms with Crippen molar-refractivity contribution in [2.24, 2.45) is 0 Å². The highest BCUT2D eigenvalue weighted by Gasteiger charge is 2.39. The minimum Gasteiger partial charge on any atom is -0.484 e. The van der Waals surface area contributed by atoms with Crippen LogP contribution in [-0.2, 0) is 21.6 Å². The van der Waals surface area contributed by atoms with Crippen LogP contribution >= 0.6 is 27.3 Å². The van der Waals surface area contributed by atoms with Crippen LogP contribution in [0.5, 0.6) is 5.75 Å². The molecule has 38 heavy (non-hydrogen) atoms. The van der Waals surface area contributed by atoms with Crippen LogP contribution in [0.3, 0.4) is 0 Å². The maximum atomic E-state index is 14.1. The van der Waals surface area contributed by atoms with Crippen molar-refractivity contribution < 1.29 is 14.3 Å². The van der Waals surface area contributed by atoms with Crippen LogP contribution in [0.1, 0.15) is 51.8 Å². The molecule has 0 aliphatic carbocycles. The van der Waals surface area contributed by atoms with Crippen LogP contribution in [0, 0.1) is 6.92 Å². The third-order valence-corrected chi connectivity index (χ3v) is 8.34. The molecule has 0 spiro atoms. The smallest absolute Gasteiger partial charge is 0.333 e. The highest BCUT2D eigenvalue weighted by molar-refractivity contribution is 9.11. The lowest BCUT2D eigenvalue weighted by Crippen LogP contribution is -2.54. The minimum absolute atomic E-state index is 0.116. The molecule has 4 rings (SSSR count). The minimum atomic E-state index is -1.55. The molecular formula is C29H31BrN2O5S. The van der Waals surface area contributed by atoms with Crippen LogP contribution in [0.15, 0.2) is 74.0 Å². The van der Waals surface area contributed by atoms with E-state index in [1.807, 2.05) is 67.6 Å². The summed E-state index contributed by atoms with van der Waals surface area (Å²) in [5.74, 6) is -0.0150. The number of aryl methyl sites for hydroxylation is 1. The molecule has 0 aliphatic rings. The summed E-state index contributed by atoms with van der Waals surface area (Å²) < 4.78 is 15.3. The fourth-order valence-corrected chi connectivity index (χ4v) is 5.86. The van der Waals surface area contributed by atoms with Gasteiger partial charge in [0.05, 0.1) is 15.7 Å². The van der Waals surface area contributed by atoms with Crippen LogP contribution in [-0.4, -0.2) is 20.7 Å². The van der Waals surface area contributed by atoms with E-state index in [0.717, 1.165) is 13.9 Å². The second-order valence-electron chi connectivity index (χ2n) is 10.6. The quantitative estimate of drug-likeness (QED) is 0.237. The number of esters is 1. The molecule has 0 saturated carbocycles. The molecule has 4 aromatic rings. The van der Waals surface area contributed by atoms with E-state index in [-0.39, 0.29) is 6.54 Å². The van der Waals surface area contributed by atoms with E-state index in [0.29, 0.717) is 21.5 Å². The van der Waals surface area contributed by atoms with E-state index >= 15 is 0 Å². The van der Waals surface area contributed by atoms with Crippen molar-refractivity contribution in [3.05, 3.63) is 96.4 Å². The summed E-state index contributed by atoms with van der Waals surface area (Å²) in [6, 6.07) is 19.0. The molecule has 0 bridgehead atoms. The number of thiophene rings is 1. The number of carbonyl (C=O) groups is 1. The summed E-state index contributed by atoms with van der Waals surface area (Å²) in [7, 11) is 0. The zero-order chi connectivity index (χ0) is 27.8. The lowest BCUT2D eigenvalue weighted by molar-refractivity contribution is -0.164. The van der Waals surface area contributed by atoms with Gasteiger partial charge in [-0.25, -0.2) is 14.2 Å². The number of carbonyl (C=O) groups excluding carboxylic acids is 1. The zero-order valence-corrected chi connectivity index (χ0v) is 24.7. The molecule has 2 aromatic heterocycles. The Kier molecular flexibility index (Phi) is 7.72. The van der Waals surface area contributed by atoms with Crippen molar-refractivity contribution in [3.63, 3.8) is 0 Å². The second kappa shape index (κ2) is 10.5. The predicted molar refractivity (Wildman–Crippen MR) is 154 cm³/mol. The summed E-state index contributed by atoms with van der Waals surface area (Å²) in [4.78, 5) is 41.7. The van der Waals surface area contributed by atoms with Gasteiger partial charge in [-0.05, 0) is 80.7 Å². The van der Waals surface area contributed by atoms with Gasteiger partial charge in [-0.2, -0.15) is 0 Å². The fourth-order valence-electron chi connectivity index (χ4n) is 4.18. The van der Waals surface area contributed by atoms with Crippen molar-refractivity contribution in [3.8, 4) is 5.75 Å². The number of hydrogen-bond donors (Lipinski definition) is 0. The van der Waals surface area contributed by atoms with Crippen molar-refractivity contribution in [2.45, 2.75) is 65.3 Å². The normalized spacial score (nSPS) is 12.9. The van der Waals surface area contributed by atoms with Gasteiger partial charge in [-0.1, -0.05) is 48.5 Å². The first-order chi connectivity index (χ1) is 17.8. The Balaban J connectivity index is 1.94. The van der Waals surface area contributed by atoms with E-state index in [1.165, 1.54) is 29.8 Å². The number of rotatable bonds is 7. The highest BCUT2D eigenvalue weighted by atomic mass is 79.9. The van der Waals surface area contributed by atoms with Gasteiger partial charge in [0.15, 0.2) is 0 Å². The largest absolute Gasteiger partial charge is 0.484 e. The monoisotopic (exact) mass is 598 g/mol. The maximum Gasteiger partial charge on any atom is 0.333 e. The summed E-state index contributed by atoms with van der Waals surface area (Å²) in [6.07, 6.45) is -0.545. The second-order valence-corrected chi connectivity index (χ2v) is 12.9. The number of benzene rings is 2. The molecule has 1 atom stereocenters. The Morgan fingerprint density at radius 3 is 2.13 bits per heavy atom. The Bertz CT molecular complexity index is 1580. The number of hydrogen-bond acceptors (Lipinski definition) is 6. The number of fused-ring (bicyclic) bond motifs is 1. The average Bonchev–Trinajstić information content (AvgIpc) is 3.15. The molecule has 0 fully saturated rings. The van der Waals surface area contributed by atoms with Crippen LogP contribution in [0.25, 0.3) is 10.2 Å². The Labute approximate surface area is 233 Å². The van der Waals surface area contributed by atoms with E-state index < -0.39 is 34.5 Å². The highest BCUT2D eigenvalue weighted by Crippen LogP contribution is 2.34. The van der Waals surface area contributed by atoms with Gasteiger partial charge in [0, 0.05) is 0 Å². The predicted octanol–water partition coefficient (Wildman–Crippen LogP) is 6.19. The number of halogens is 1. The number of nitrogens with zero attached hydrogens (tertiary/aromatic N) is 2. The third-order valence-electron chi connectivity index (χ3n) is 6.15. The van der Waals surface area contributed by atoms with Crippen molar-refractivity contribution >= 4 is 43.5 Å². The van der Waals surface area contributed by atoms with Crippen molar-refractivity contribution in [1.82, 2.24) is 9.13 Å². The van der Waals surface area contributed by atoms with Crippen LogP contribution < -0.4 is 16.0 Å². The lowest BCUT2D eigenvalue weighted by atomic mass is 10.0. The molecule has 0 radical (unpaired) electrons. The van der Waals surface area contributed by atoms with Crippen molar-refractivity contribution in [2.75, 3.05) is 0 Å². The zero-order valence-electron chi connectivity index (χ0n) is 22.3. The third kappa shape index (κ3) is 5.49. The summed E-state index contributed by atoms with van der Waals surface area (Å²) in [6.45, 7) is 10.2. The Morgan fingerprint density at radius 1 is 0.974 bits per heavy atom. The van der Waals surface area contributed by atoms with Gasteiger partial charge in [0.2, 0.25) is 0 Å². The molecule has 1 unspecified atom stereocenters. The number of aromatic nitrogens is 2. The molecule has 9 heteroatoms. The van der Waals surface area contributed by atoms with E-state index in [9.17, 15) is 14.4 Å². The molecule has 7 nitrogen and oxygen atoms in total. The van der Waals surface area contributed by atoms with Gasteiger partial charge in [0.1, 0.15) is 27.8 Å². The standard InChI is InChI=1S/C29H31BrN2O5S/c1-18-22-24(33)32(29(5,6)26(34)37-28(2,3)4)27(35)31(25(22)38-23(18)30)17-21(19-13-9-7-10-14-19)36-20-15-11-8-12-16-20/h7-16,21H,17H2,1-6H3. The maximum absolute atomic E-state index is 14.1. The van der Waals surface area contributed by atoms with Gasteiger partial charge in [-0.15, -0.1) is 11.3 Å². The molecule has 0 saturated heterocycles. The first kappa shape index (κ1) is 27.9. The topological polar surface area (TPSA) is 79.5 Å². The SMILES string of the molecule is Cc1c(Br)sc2c1c(=O)n(C(C)(C)C(=O)OC(C)(C)C)c(=O)n2CC(Oc1ccccc1)c1ccccc1. The van der Waals surface area contributed by atoms with E-state index in [1.54, 1.807) is 20.8 Å². The van der Waals surface area contributed by atoms with Crippen LogP contribution in [0.4, 0.5) is 0 Å². The fraction of sp³-hybridized carbons (Fsp3) is 0.345. The summed E-state index contributed by atoms with van der Waals surface area (Å²) in [5, 5.41) is 0.379. The number of ether oxygens (including phenoxy) is 2. The van der Waals surface area contributed by atoms with Gasteiger partial charge in [-0.3, -0.25) is 9.36 Å². The van der Waals surface area contributed by atoms with Gasteiger partial charge < -0.3 is 9.47 Å². The Hall–Kier alpha value is -3.17. The Morgan fingerprint density at radius 2 is 1.55 bits per heavy atom.